The van der Waals surface area contributed by atoms with Crippen LogP contribution in [0.1, 0.15) is 46.8 Å². The fourth-order valence-electron chi connectivity index (χ4n) is 2.01. The van der Waals surface area contributed by atoms with Crippen LogP contribution < -0.4 is 5.32 Å². The maximum absolute atomic E-state index is 6.19. The molecule has 1 atom stereocenters. The van der Waals surface area contributed by atoms with Gasteiger partial charge in [-0.1, -0.05) is 25.4 Å². The summed E-state index contributed by atoms with van der Waals surface area (Å²) in [6, 6.07) is 2.25. The molecule has 110 valence electrons. The molecule has 0 bridgehead atoms. The second kappa shape index (κ2) is 7.36. The van der Waals surface area contributed by atoms with Crippen LogP contribution in [0.15, 0.2) is 10.5 Å². The molecule has 2 aromatic heterocycles. The molecule has 0 aliphatic heterocycles. The first kappa shape index (κ1) is 16.4. The Morgan fingerprint density at radius 1 is 1.40 bits per heavy atom. The lowest BCUT2D eigenvalue weighted by Crippen LogP contribution is -2.22. The van der Waals surface area contributed by atoms with Gasteiger partial charge in [0, 0.05) is 14.2 Å². The normalized spacial score (nSPS) is 12.8. The van der Waals surface area contributed by atoms with Gasteiger partial charge >= 0.3 is 0 Å². The first-order valence-electron chi connectivity index (χ1n) is 6.71. The van der Waals surface area contributed by atoms with E-state index in [1.165, 1.54) is 15.4 Å². The molecule has 1 unspecified atom stereocenters. The molecule has 6 heteroatoms. The molecule has 1 N–H and O–H groups in total. The van der Waals surface area contributed by atoms with Crippen molar-refractivity contribution in [3.8, 4) is 0 Å². The first-order chi connectivity index (χ1) is 9.56. The van der Waals surface area contributed by atoms with Gasteiger partial charge in [-0.3, -0.25) is 0 Å². The summed E-state index contributed by atoms with van der Waals surface area (Å²) >= 11 is 13.1. The van der Waals surface area contributed by atoms with Gasteiger partial charge in [-0.05, 0) is 48.3 Å². The van der Waals surface area contributed by atoms with E-state index < -0.39 is 0 Å². The predicted octanol–water partition coefficient (Wildman–Crippen LogP) is 5.58. The summed E-state index contributed by atoms with van der Waals surface area (Å²) in [5, 5.41) is 4.72. The second-order valence-corrected chi connectivity index (χ2v) is 8.34. The zero-order valence-electron chi connectivity index (χ0n) is 11.8. The van der Waals surface area contributed by atoms with Crippen molar-refractivity contribution < 1.29 is 0 Å². The van der Waals surface area contributed by atoms with Crippen LogP contribution in [0.5, 0.6) is 0 Å². The van der Waals surface area contributed by atoms with E-state index in [-0.39, 0.29) is 6.04 Å². The lowest BCUT2D eigenvalue weighted by molar-refractivity contribution is 0.601. The number of aryl methyl sites for hydroxylation is 2. The number of thiophene rings is 1. The summed E-state index contributed by atoms with van der Waals surface area (Å²) in [7, 11) is 0. The highest BCUT2D eigenvalue weighted by atomic mass is 79.9. The van der Waals surface area contributed by atoms with Crippen molar-refractivity contribution in [2.75, 3.05) is 6.54 Å². The quantitative estimate of drug-likeness (QED) is 0.693. The van der Waals surface area contributed by atoms with Crippen LogP contribution in [-0.2, 0) is 6.42 Å². The minimum Gasteiger partial charge on any atom is -0.304 e. The van der Waals surface area contributed by atoms with E-state index in [1.807, 2.05) is 0 Å². The SMILES string of the molecule is CCCNC(c1cc(Br)c(Cl)s1)c1nc(CC)c(C)s1. The molecule has 20 heavy (non-hydrogen) atoms. The van der Waals surface area contributed by atoms with Gasteiger partial charge in [0.25, 0.3) is 0 Å². The van der Waals surface area contributed by atoms with Crippen LogP contribution in [0.25, 0.3) is 0 Å². The molecule has 0 saturated heterocycles. The maximum Gasteiger partial charge on any atom is 0.115 e. The minimum absolute atomic E-state index is 0.146. The van der Waals surface area contributed by atoms with E-state index in [2.05, 4.69) is 48.1 Å². The Balaban J connectivity index is 2.35. The van der Waals surface area contributed by atoms with Crippen molar-refractivity contribution in [2.24, 2.45) is 0 Å². The van der Waals surface area contributed by atoms with Crippen molar-refractivity contribution in [3.05, 3.63) is 35.3 Å². The summed E-state index contributed by atoms with van der Waals surface area (Å²) in [5.41, 5.74) is 1.20. The monoisotopic (exact) mass is 392 g/mol. The molecule has 0 amide bonds. The summed E-state index contributed by atoms with van der Waals surface area (Å²) in [6.45, 7) is 7.44. The Bertz CT molecular complexity index is 560. The molecule has 0 radical (unpaired) electrons. The van der Waals surface area contributed by atoms with Crippen molar-refractivity contribution in [1.29, 1.82) is 0 Å². The largest absolute Gasteiger partial charge is 0.304 e. The van der Waals surface area contributed by atoms with E-state index in [0.29, 0.717) is 0 Å². The smallest absolute Gasteiger partial charge is 0.115 e. The van der Waals surface area contributed by atoms with Gasteiger partial charge in [0.05, 0.1) is 11.7 Å². The zero-order chi connectivity index (χ0) is 14.7. The van der Waals surface area contributed by atoms with E-state index in [9.17, 15) is 0 Å². The highest BCUT2D eigenvalue weighted by Crippen LogP contribution is 2.38. The molecule has 0 aliphatic rings. The lowest BCUT2D eigenvalue weighted by Gasteiger charge is -2.14. The summed E-state index contributed by atoms with van der Waals surface area (Å²) in [4.78, 5) is 7.33. The molecule has 2 heterocycles. The Kier molecular flexibility index (Phi) is 6.05. The Labute approximate surface area is 141 Å². The van der Waals surface area contributed by atoms with Crippen LogP contribution in [-0.4, -0.2) is 11.5 Å². The number of thiazole rings is 1. The number of hydrogen-bond donors (Lipinski definition) is 1. The molecule has 0 fully saturated rings. The van der Waals surface area contributed by atoms with Crippen molar-refractivity contribution in [2.45, 2.75) is 39.7 Å². The van der Waals surface area contributed by atoms with E-state index in [4.69, 9.17) is 16.6 Å². The number of nitrogens with one attached hydrogen (secondary N) is 1. The number of aromatic nitrogens is 1. The predicted molar refractivity (Wildman–Crippen MR) is 93.4 cm³/mol. The number of hydrogen-bond acceptors (Lipinski definition) is 4. The van der Waals surface area contributed by atoms with E-state index in [1.54, 1.807) is 22.7 Å². The van der Waals surface area contributed by atoms with Crippen LogP contribution in [0.4, 0.5) is 0 Å². The van der Waals surface area contributed by atoms with Gasteiger partial charge in [0.15, 0.2) is 0 Å². The summed E-state index contributed by atoms with van der Waals surface area (Å²) in [5.74, 6) is 0. The highest BCUT2D eigenvalue weighted by Gasteiger charge is 2.21. The fraction of sp³-hybridized carbons (Fsp3) is 0.500. The minimum atomic E-state index is 0.146. The van der Waals surface area contributed by atoms with Crippen LogP contribution >= 0.6 is 50.2 Å². The van der Waals surface area contributed by atoms with Crippen LogP contribution in [0.3, 0.4) is 0 Å². The summed E-state index contributed by atoms with van der Waals surface area (Å²) in [6.07, 6.45) is 2.08. The summed E-state index contributed by atoms with van der Waals surface area (Å²) < 4.78 is 1.76. The van der Waals surface area contributed by atoms with Gasteiger partial charge in [-0.15, -0.1) is 22.7 Å². The van der Waals surface area contributed by atoms with Crippen LogP contribution in [0, 0.1) is 6.92 Å². The van der Waals surface area contributed by atoms with Crippen molar-refractivity contribution >= 4 is 50.2 Å². The Morgan fingerprint density at radius 3 is 2.65 bits per heavy atom. The zero-order valence-corrected chi connectivity index (χ0v) is 15.8. The number of halogens is 2. The van der Waals surface area contributed by atoms with Crippen LogP contribution in [0.2, 0.25) is 4.34 Å². The molecule has 2 aromatic rings. The molecular weight excluding hydrogens is 376 g/mol. The van der Waals surface area contributed by atoms with Crippen molar-refractivity contribution in [1.82, 2.24) is 10.3 Å². The lowest BCUT2D eigenvalue weighted by atomic mass is 10.2. The maximum atomic E-state index is 6.19. The standard InChI is InChI=1S/C14H18BrClN2S2/c1-4-6-17-12(11-7-9(15)13(16)20-11)14-18-10(5-2)8(3)19-14/h7,12,17H,4-6H2,1-3H3. The molecule has 0 aliphatic carbocycles. The third-order valence-electron chi connectivity index (χ3n) is 3.04. The van der Waals surface area contributed by atoms with E-state index in [0.717, 1.165) is 33.2 Å². The Morgan fingerprint density at radius 2 is 2.15 bits per heavy atom. The van der Waals surface area contributed by atoms with Gasteiger partial charge in [0.2, 0.25) is 0 Å². The first-order valence-corrected chi connectivity index (χ1v) is 9.51. The number of nitrogens with zero attached hydrogens (tertiary/aromatic N) is 1. The average Bonchev–Trinajstić information content (AvgIpc) is 2.94. The van der Waals surface area contributed by atoms with Gasteiger partial charge in [-0.2, -0.15) is 0 Å². The highest BCUT2D eigenvalue weighted by molar-refractivity contribution is 9.10. The van der Waals surface area contributed by atoms with Crippen molar-refractivity contribution in [3.63, 3.8) is 0 Å². The van der Waals surface area contributed by atoms with Gasteiger partial charge < -0.3 is 5.32 Å². The third kappa shape index (κ3) is 3.63. The number of rotatable bonds is 6. The molecule has 2 rings (SSSR count). The average molecular weight is 394 g/mol. The molecular formula is C14H18BrClN2S2. The third-order valence-corrected chi connectivity index (χ3v) is 6.66. The molecule has 0 aromatic carbocycles. The second-order valence-electron chi connectivity index (χ2n) is 4.57. The molecule has 2 nitrogen and oxygen atoms in total. The van der Waals surface area contributed by atoms with E-state index >= 15 is 0 Å². The van der Waals surface area contributed by atoms with Gasteiger partial charge in [0.1, 0.15) is 9.34 Å². The topological polar surface area (TPSA) is 24.9 Å². The van der Waals surface area contributed by atoms with Gasteiger partial charge in [-0.25, -0.2) is 4.98 Å². The molecule has 0 saturated carbocycles. The fourth-order valence-corrected chi connectivity index (χ4v) is 5.00. The Hall–Kier alpha value is 0.0600. The molecule has 0 spiro atoms.